The van der Waals surface area contributed by atoms with Gasteiger partial charge in [-0.05, 0) is 25.0 Å². The maximum atomic E-state index is 12.1. The van der Waals surface area contributed by atoms with Crippen molar-refractivity contribution in [3.63, 3.8) is 0 Å². The molecule has 1 amide bonds. The molecule has 5 nitrogen and oxygen atoms in total. The minimum absolute atomic E-state index is 0.0186. The molecule has 1 aromatic carbocycles. The molecule has 1 fully saturated rings. The van der Waals surface area contributed by atoms with Crippen LogP contribution in [0, 0.1) is 0 Å². The average molecular weight is 307 g/mol. The van der Waals surface area contributed by atoms with Gasteiger partial charge in [-0.15, -0.1) is 0 Å². The molecule has 0 saturated carbocycles. The molecule has 0 atom stereocenters. The van der Waals surface area contributed by atoms with Crippen LogP contribution in [0.3, 0.4) is 0 Å². The predicted octanol–water partition coefficient (Wildman–Crippen LogP) is 1.05. The lowest BCUT2D eigenvalue weighted by Crippen LogP contribution is -2.43. The second-order valence-electron chi connectivity index (χ2n) is 5.22. The smallest absolute Gasteiger partial charge is 0.239 e. The van der Waals surface area contributed by atoms with Crippen LogP contribution in [0.5, 0.6) is 0 Å². The number of carbonyl (C=O) groups excluding carboxylic acids is 1. The minimum Gasteiger partial charge on any atom is -0.389 e. The van der Waals surface area contributed by atoms with Gasteiger partial charge in [0.2, 0.25) is 5.91 Å². The number of ether oxygens (including phenoxy) is 1. The third-order valence-corrected chi connectivity index (χ3v) is 3.77. The van der Waals surface area contributed by atoms with E-state index in [-0.39, 0.29) is 11.9 Å². The fraction of sp³-hybridized carbons (Fsp3) is 0.467. The molecule has 0 unspecified atom stereocenters. The predicted molar refractivity (Wildman–Crippen MR) is 87.6 cm³/mol. The molecule has 0 aromatic heterocycles. The first-order chi connectivity index (χ1) is 10.1. The molecule has 0 radical (unpaired) electrons. The number of likely N-dealkylation sites (N-methyl/N-ethyl adjacent to an activating group) is 1. The van der Waals surface area contributed by atoms with E-state index in [2.05, 4.69) is 5.32 Å². The minimum atomic E-state index is 0.0186. The van der Waals surface area contributed by atoms with Crippen LogP contribution in [0.4, 0.5) is 5.69 Å². The largest absolute Gasteiger partial charge is 0.389 e. The zero-order valence-electron chi connectivity index (χ0n) is 12.2. The number of hydrogen-bond acceptors (Lipinski definition) is 4. The van der Waals surface area contributed by atoms with E-state index in [1.54, 1.807) is 0 Å². The van der Waals surface area contributed by atoms with Crippen molar-refractivity contribution in [3.8, 4) is 0 Å². The summed E-state index contributed by atoms with van der Waals surface area (Å²) >= 11 is 4.97. The Morgan fingerprint density at radius 3 is 2.86 bits per heavy atom. The van der Waals surface area contributed by atoms with Crippen molar-refractivity contribution in [2.24, 2.45) is 5.73 Å². The van der Waals surface area contributed by atoms with E-state index in [0.717, 1.165) is 37.3 Å². The summed E-state index contributed by atoms with van der Waals surface area (Å²) < 4.78 is 5.28. The van der Waals surface area contributed by atoms with E-state index in [4.69, 9.17) is 22.7 Å². The van der Waals surface area contributed by atoms with Crippen LogP contribution in [0.1, 0.15) is 18.4 Å². The number of anilines is 1. The number of nitrogens with zero attached hydrogens (tertiary/aromatic N) is 1. The number of nitrogens with one attached hydrogen (secondary N) is 1. The van der Waals surface area contributed by atoms with Crippen LogP contribution in [-0.4, -0.2) is 43.7 Å². The van der Waals surface area contributed by atoms with E-state index < -0.39 is 0 Å². The summed E-state index contributed by atoms with van der Waals surface area (Å²) in [7, 11) is 1.88. The third-order valence-electron chi connectivity index (χ3n) is 3.54. The highest BCUT2D eigenvalue weighted by Gasteiger charge is 2.17. The van der Waals surface area contributed by atoms with Crippen molar-refractivity contribution >= 4 is 28.8 Å². The van der Waals surface area contributed by atoms with Crippen molar-refractivity contribution in [2.45, 2.75) is 18.9 Å². The molecule has 21 heavy (non-hydrogen) atoms. The third kappa shape index (κ3) is 4.68. The van der Waals surface area contributed by atoms with Gasteiger partial charge in [0.1, 0.15) is 4.99 Å². The Morgan fingerprint density at radius 1 is 1.48 bits per heavy atom. The number of rotatable bonds is 5. The Morgan fingerprint density at radius 2 is 2.19 bits per heavy atom. The fourth-order valence-electron chi connectivity index (χ4n) is 2.32. The summed E-state index contributed by atoms with van der Waals surface area (Å²) in [6.45, 7) is 1.74. The lowest BCUT2D eigenvalue weighted by Gasteiger charge is -2.25. The van der Waals surface area contributed by atoms with Crippen molar-refractivity contribution < 1.29 is 9.53 Å². The highest BCUT2D eigenvalue weighted by atomic mass is 32.1. The summed E-state index contributed by atoms with van der Waals surface area (Å²) in [5.74, 6) is 0.0186. The standard InChI is InChI=1S/C15H21N3O2S/c1-18(13-4-2-3-11(9-13)15(16)21)10-14(19)17-12-5-7-20-8-6-12/h2-4,9,12H,5-8,10H2,1H3,(H2,16,21)(H,17,19). The molecular formula is C15H21N3O2S. The number of carbonyl (C=O) groups is 1. The highest BCUT2D eigenvalue weighted by Crippen LogP contribution is 2.15. The number of amides is 1. The Balaban J connectivity index is 1.90. The first-order valence-corrected chi connectivity index (χ1v) is 7.45. The van der Waals surface area contributed by atoms with E-state index in [1.807, 2.05) is 36.2 Å². The van der Waals surface area contributed by atoms with Crippen molar-refractivity contribution in [1.29, 1.82) is 0 Å². The van der Waals surface area contributed by atoms with Gasteiger partial charge < -0.3 is 20.7 Å². The molecule has 0 bridgehead atoms. The van der Waals surface area contributed by atoms with Gasteiger partial charge in [0.05, 0.1) is 6.54 Å². The van der Waals surface area contributed by atoms with Gasteiger partial charge in [0.25, 0.3) is 0 Å². The van der Waals surface area contributed by atoms with Gasteiger partial charge in [-0.2, -0.15) is 0 Å². The molecule has 6 heteroatoms. The Labute approximate surface area is 130 Å². The van der Waals surface area contributed by atoms with E-state index in [9.17, 15) is 4.79 Å². The van der Waals surface area contributed by atoms with Gasteiger partial charge in [0, 0.05) is 37.6 Å². The van der Waals surface area contributed by atoms with Crippen molar-refractivity contribution in [2.75, 3.05) is 31.7 Å². The van der Waals surface area contributed by atoms with Gasteiger partial charge in [0.15, 0.2) is 0 Å². The normalized spacial score (nSPS) is 15.5. The molecule has 1 aliphatic heterocycles. The zero-order valence-corrected chi connectivity index (χ0v) is 13.0. The lowest BCUT2D eigenvalue weighted by atomic mass is 10.1. The monoisotopic (exact) mass is 307 g/mol. The summed E-state index contributed by atoms with van der Waals surface area (Å²) in [5.41, 5.74) is 7.35. The maximum Gasteiger partial charge on any atom is 0.239 e. The number of benzene rings is 1. The van der Waals surface area contributed by atoms with Crippen LogP contribution >= 0.6 is 12.2 Å². The molecular weight excluding hydrogens is 286 g/mol. The van der Waals surface area contributed by atoms with Crippen molar-refractivity contribution in [1.82, 2.24) is 5.32 Å². The van der Waals surface area contributed by atoms with E-state index in [0.29, 0.717) is 11.5 Å². The summed E-state index contributed by atoms with van der Waals surface area (Å²) in [5, 5.41) is 3.05. The Kier molecular flexibility index (Phi) is 5.52. The quantitative estimate of drug-likeness (QED) is 0.796. The summed E-state index contributed by atoms with van der Waals surface area (Å²) in [6.07, 6.45) is 1.76. The molecule has 0 spiro atoms. The fourth-order valence-corrected chi connectivity index (χ4v) is 2.45. The van der Waals surface area contributed by atoms with Crippen LogP contribution in [0.25, 0.3) is 0 Å². The molecule has 2 rings (SSSR count). The molecule has 1 aromatic rings. The average Bonchev–Trinajstić information content (AvgIpc) is 2.48. The highest BCUT2D eigenvalue weighted by molar-refractivity contribution is 7.80. The first kappa shape index (κ1) is 15.7. The topological polar surface area (TPSA) is 67.6 Å². The molecule has 3 N–H and O–H groups in total. The Hall–Kier alpha value is -1.66. The van der Waals surface area contributed by atoms with Crippen LogP contribution < -0.4 is 16.0 Å². The van der Waals surface area contributed by atoms with Gasteiger partial charge >= 0.3 is 0 Å². The maximum absolute atomic E-state index is 12.1. The molecule has 1 aliphatic rings. The SMILES string of the molecule is CN(CC(=O)NC1CCOCC1)c1cccc(C(N)=S)c1. The van der Waals surface area contributed by atoms with Crippen LogP contribution in [-0.2, 0) is 9.53 Å². The van der Waals surface area contributed by atoms with Crippen LogP contribution in [0.15, 0.2) is 24.3 Å². The Bertz CT molecular complexity index is 515. The summed E-state index contributed by atoms with van der Waals surface area (Å²) in [6, 6.07) is 7.80. The number of hydrogen-bond donors (Lipinski definition) is 2. The number of thiocarbonyl (C=S) groups is 1. The van der Waals surface area contributed by atoms with Crippen molar-refractivity contribution in [3.05, 3.63) is 29.8 Å². The molecule has 114 valence electrons. The second-order valence-corrected chi connectivity index (χ2v) is 5.66. The van der Waals surface area contributed by atoms with Gasteiger partial charge in [-0.25, -0.2) is 0 Å². The van der Waals surface area contributed by atoms with Crippen LogP contribution in [0.2, 0.25) is 0 Å². The first-order valence-electron chi connectivity index (χ1n) is 7.04. The second kappa shape index (κ2) is 7.38. The molecule has 0 aliphatic carbocycles. The molecule has 1 heterocycles. The van der Waals surface area contributed by atoms with E-state index in [1.165, 1.54) is 0 Å². The summed E-state index contributed by atoms with van der Waals surface area (Å²) in [4.78, 5) is 14.3. The number of nitrogens with two attached hydrogens (primary N) is 1. The molecule has 1 saturated heterocycles. The lowest BCUT2D eigenvalue weighted by molar-refractivity contribution is -0.121. The zero-order chi connectivity index (χ0) is 15.2. The van der Waals surface area contributed by atoms with E-state index >= 15 is 0 Å². The van der Waals surface area contributed by atoms with Gasteiger partial charge in [-0.3, -0.25) is 4.79 Å². The van der Waals surface area contributed by atoms with Gasteiger partial charge in [-0.1, -0.05) is 24.4 Å².